The number of quaternary nitrogens is 1. The summed E-state index contributed by atoms with van der Waals surface area (Å²) in [5.41, 5.74) is 12.5. The number of nitrogens with one attached hydrogen (secondary N) is 1. The van der Waals surface area contributed by atoms with Crippen molar-refractivity contribution in [3.63, 3.8) is 0 Å². The largest absolute Gasteiger partial charge is 0.629 e. The summed E-state index contributed by atoms with van der Waals surface area (Å²) in [5, 5.41) is 10.8. The molecular formula is C7H11N3O. The molecular weight excluding hydrogens is 142 g/mol. The first-order valence-corrected chi connectivity index (χ1v) is 3.27. The summed E-state index contributed by atoms with van der Waals surface area (Å²) in [7, 11) is 1.49. The van der Waals surface area contributed by atoms with E-state index in [9.17, 15) is 5.21 Å². The van der Waals surface area contributed by atoms with Crippen LogP contribution < -0.4 is 16.5 Å². The van der Waals surface area contributed by atoms with E-state index in [2.05, 4.69) is 0 Å². The van der Waals surface area contributed by atoms with Gasteiger partial charge in [0.25, 0.3) is 0 Å². The van der Waals surface area contributed by atoms with Crippen LogP contribution in [0.2, 0.25) is 0 Å². The Labute approximate surface area is 65.0 Å². The molecule has 1 aromatic carbocycles. The molecule has 0 saturated carbocycles. The standard InChI is InChI=1S/C7H11N3O/c1-10(11)5-2-3-6(8)7(9)4-5/h2-4,10H,8-9H2,1H3. The molecule has 0 heterocycles. The second kappa shape index (κ2) is 2.77. The summed E-state index contributed by atoms with van der Waals surface area (Å²) >= 11 is 0. The fourth-order valence-electron chi connectivity index (χ4n) is 0.794. The lowest BCUT2D eigenvalue weighted by molar-refractivity contribution is -0.751. The molecule has 5 N–H and O–H groups in total. The first-order valence-electron chi connectivity index (χ1n) is 3.27. The van der Waals surface area contributed by atoms with Gasteiger partial charge in [-0.2, -0.15) is 0 Å². The molecule has 0 aromatic heterocycles. The van der Waals surface area contributed by atoms with Crippen molar-refractivity contribution in [2.24, 2.45) is 0 Å². The second-order valence-electron chi connectivity index (χ2n) is 2.40. The zero-order valence-corrected chi connectivity index (χ0v) is 6.29. The van der Waals surface area contributed by atoms with E-state index in [0.29, 0.717) is 17.1 Å². The fourth-order valence-corrected chi connectivity index (χ4v) is 0.794. The average Bonchev–Trinajstić information content (AvgIpc) is 1.94. The van der Waals surface area contributed by atoms with E-state index in [0.717, 1.165) is 0 Å². The number of rotatable bonds is 1. The summed E-state index contributed by atoms with van der Waals surface area (Å²) in [6.45, 7) is 0. The molecule has 4 nitrogen and oxygen atoms in total. The van der Waals surface area contributed by atoms with E-state index in [1.807, 2.05) is 0 Å². The van der Waals surface area contributed by atoms with Crippen LogP contribution in [0.4, 0.5) is 17.1 Å². The number of hydrogen-bond donors (Lipinski definition) is 3. The highest BCUT2D eigenvalue weighted by Gasteiger charge is 1.99. The minimum absolute atomic E-state index is 0.00306. The topological polar surface area (TPSA) is 79.5 Å². The zero-order chi connectivity index (χ0) is 8.43. The number of anilines is 2. The highest BCUT2D eigenvalue weighted by Crippen LogP contribution is 2.16. The van der Waals surface area contributed by atoms with Crippen molar-refractivity contribution >= 4 is 17.1 Å². The van der Waals surface area contributed by atoms with Crippen LogP contribution in [0.25, 0.3) is 0 Å². The molecule has 0 aliphatic heterocycles. The summed E-state index contributed by atoms with van der Waals surface area (Å²) in [5.74, 6) is 0. The van der Waals surface area contributed by atoms with Crippen molar-refractivity contribution in [2.45, 2.75) is 0 Å². The SMILES string of the molecule is C[NH+]([O-])c1ccc(N)c(N)c1. The van der Waals surface area contributed by atoms with Crippen molar-refractivity contribution in [3.05, 3.63) is 23.4 Å². The number of benzene rings is 1. The van der Waals surface area contributed by atoms with E-state index >= 15 is 0 Å². The Balaban J connectivity index is 3.05. The van der Waals surface area contributed by atoms with Gasteiger partial charge >= 0.3 is 0 Å². The van der Waals surface area contributed by atoms with Gasteiger partial charge in [-0.1, -0.05) is 0 Å². The molecule has 0 bridgehead atoms. The highest BCUT2D eigenvalue weighted by atomic mass is 16.5. The van der Waals surface area contributed by atoms with Crippen molar-refractivity contribution < 1.29 is 5.06 Å². The normalized spacial score (nSPS) is 12.9. The number of nitrogen functional groups attached to an aromatic ring is 2. The molecule has 0 aliphatic carbocycles. The summed E-state index contributed by atoms with van der Waals surface area (Å²) < 4.78 is 0. The lowest BCUT2D eigenvalue weighted by Gasteiger charge is -2.15. The minimum atomic E-state index is -0.00306. The first-order chi connectivity index (χ1) is 5.11. The Morgan fingerprint density at radius 1 is 1.27 bits per heavy atom. The van der Waals surface area contributed by atoms with Gasteiger partial charge in [0, 0.05) is 12.1 Å². The van der Waals surface area contributed by atoms with E-state index in [1.165, 1.54) is 7.05 Å². The van der Waals surface area contributed by atoms with Crippen LogP contribution in [0.15, 0.2) is 18.2 Å². The summed E-state index contributed by atoms with van der Waals surface area (Å²) in [6, 6.07) is 4.87. The maximum atomic E-state index is 10.8. The van der Waals surface area contributed by atoms with E-state index in [-0.39, 0.29) is 5.06 Å². The molecule has 1 rings (SSSR count). The van der Waals surface area contributed by atoms with Crippen LogP contribution in [-0.4, -0.2) is 7.05 Å². The van der Waals surface area contributed by atoms with Crippen molar-refractivity contribution in [3.8, 4) is 0 Å². The van der Waals surface area contributed by atoms with Gasteiger partial charge in [-0.15, -0.1) is 0 Å². The second-order valence-corrected chi connectivity index (χ2v) is 2.40. The predicted molar refractivity (Wildman–Crippen MR) is 45.2 cm³/mol. The molecule has 0 saturated heterocycles. The number of nitrogens with two attached hydrogens (primary N) is 2. The zero-order valence-electron chi connectivity index (χ0n) is 6.29. The lowest BCUT2D eigenvalue weighted by Crippen LogP contribution is -2.98. The predicted octanol–water partition coefficient (Wildman–Crippen LogP) is -0.505. The molecule has 4 heteroatoms. The molecule has 0 fully saturated rings. The Morgan fingerprint density at radius 2 is 1.91 bits per heavy atom. The van der Waals surface area contributed by atoms with Crippen molar-refractivity contribution in [1.82, 2.24) is 0 Å². The summed E-state index contributed by atoms with van der Waals surface area (Å²) in [6.07, 6.45) is 0. The number of hydroxylamine groups is 1. The first kappa shape index (κ1) is 7.84. The lowest BCUT2D eigenvalue weighted by atomic mass is 10.2. The van der Waals surface area contributed by atoms with Crippen LogP contribution in [0.1, 0.15) is 0 Å². The Morgan fingerprint density at radius 3 is 2.36 bits per heavy atom. The van der Waals surface area contributed by atoms with E-state index in [1.54, 1.807) is 18.2 Å². The Kier molecular flexibility index (Phi) is 1.98. The molecule has 1 atom stereocenters. The number of hydrogen-bond acceptors (Lipinski definition) is 3. The quantitative estimate of drug-likeness (QED) is 0.375. The van der Waals surface area contributed by atoms with Crippen LogP contribution in [0.3, 0.4) is 0 Å². The van der Waals surface area contributed by atoms with Gasteiger partial charge in [-0.3, -0.25) is 0 Å². The molecule has 0 radical (unpaired) electrons. The van der Waals surface area contributed by atoms with Gasteiger partial charge in [-0.05, 0) is 6.07 Å². The molecule has 11 heavy (non-hydrogen) atoms. The molecule has 0 aliphatic rings. The molecule has 60 valence electrons. The maximum Gasteiger partial charge on any atom is 0.133 e. The van der Waals surface area contributed by atoms with Gasteiger partial charge in [0.2, 0.25) is 0 Å². The van der Waals surface area contributed by atoms with Crippen LogP contribution in [0.5, 0.6) is 0 Å². The third kappa shape index (κ3) is 1.60. The van der Waals surface area contributed by atoms with Crippen molar-refractivity contribution in [2.75, 3.05) is 18.5 Å². The monoisotopic (exact) mass is 153 g/mol. The molecule has 0 amide bonds. The maximum absolute atomic E-state index is 10.8. The average molecular weight is 153 g/mol. The van der Waals surface area contributed by atoms with Gasteiger partial charge in [0.05, 0.1) is 18.4 Å². The minimum Gasteiger partial charge on any atom is -0.629 e. The van der Waals surface area contributed by atoms with Crippen molar-refractivity contribution in [1.29, 1.82) is 0 Å². The van der Waals surface area contributed by atoms with E-state index < -0.39 is 0 Å². The Hall–Kier alpha value is -1.26. The summed E-state index contributed by atoms with van der Waals surface area (Å²) in [4.78, 5) is 0. The van der Waals surface area contributed by atoms with Crippen LogP contribution in [0, 0.1) is 5.21 Å². The van der Waals surface area contributed by atoms with Crippen LogP contribution in [-0.2, 0) is 0 Å². The third-order valence-corrected chi connectivity index (χ3v) is 1.49. The van der Waals surface area contributed by atoms with Gasteiger partial charge in [0.1, 0.15) is 5.69 Å². The molecule has 1 aromatic rings. The third-order valence-electron chi connectivity index (χ3n) is 1.49. The van der Waals surface area contributed by atoms with Gasteiger partial charge < -0.3 is 21.7 Å². The smallest absolute Gasteiger partial charge is 0.133 e. The van der Waals surface area contributed by atoms with Crippen LogP contribution >= 0.6 is 0 Å². The Bertz CT molecular complexity index is 260. The highest BCUT2D eigenvalue weighted by molar-refractivity contribution is 5.66. The van der Waals surface area contributed by atoms with Gasteiger partial charge in [0.15, 0.2) is 0 Å². The fraction of sp³-hybridized carbons (Fsp3) is 0.143. The van der Waals surface area contributed by atoms with Gasteiger partial charge in [-0.25, -0.2) is 0 Å². The molecule has 1 unspecified atom stereocenters. The van der Waals surface area contributed by atoms with E-state index in [4.69, 9.17) is 11.5 Å². The molecule has 0 spiro atoms.